The van der Waals surface area contributed by atoms with E-state index in [-0.39, 0.29) is 0 Å². The predicted octanol–water partition coefficient (Wildman–Crippen LogP) is 2.71. The third-order valence-electron chi connectivity index (χ3n) is 1.94. The first kappa shape index (κ1) is 9.80. The minimum absolute atomic E-state index is 0.300. The van der Waals surface area contributed by atoms with Crippen molar-refractivity contribution in [3.05, 3.63) is 22.2 Å². The topological polar surface area (TPSA) is 27.7 Å². The summed E-state index contributed by atoms with van der Waals surface area (Å²) in [6.07, 6.45) is 0. The maximum atomic E-state index is 5.47. The maximum Gasteiger partial charge on any atom is 0.189 e. The molecule has 0 amide bonds. The van der Waals surface area contributed by atoms with Crippen molar-refractivity contribution in [1.29, 1.82) is 0 Å². The van der Waals surface area contributed by atoms with Crippen molar-refractivity contribution in [3.63, 3.8) is 0 Å². The molecular weight excluding hydrogens is 248 g/mol. The van der Waals surface area contributed by atoms with Crippen LogP contribution in [0.5, 0.6) is 11.5 Å². The molecular formula is C10H11BrO3. The average Bonchev–Trinajstić information content (AvgIpc) is 2.18. The van der Waals surface area contributed by atoms with Crippen molar-refractivity contribution < 1.29 is 14.2 Å². The van der Waals surface area contributed by atoms with Gasteiger partial charge in [-0.05, 0) is 19.1 Å². The van der Waals surface area contributed by atoms with Gasteiger partial charge in [-0.15, -0.1) is 0 Å². The molecule has 0 spiro atoms. The van der Waals surface area contributed by atoms with Crippen molar-refractivity contribution in [2.24, 2.45) is 0 Å². The van der Waals surface area contributed by atoms with Crippen LogP contribution in [0.2, 0.25) is 0 Å². The summed E-state index contributed by atoms with van der Waals surface area (Å²) < 4.78 is 17.0. The van der Waals surface area contributed by atoms with Gasteiger partial charge in [0.05, 0.1) is 13.2 Å². The summed E-state index contributed by atoms with van der Waals surface area (Å²) in [6.45, 7) is 3.46. The van der Waals surface area contributed by atoms with Gasteiger partial charge >= 0.3 is 0 Å². The van der Waals surface area contributed by atoms with E-state index in [0.717, 1.165) is 21.5 Å². The molecule has 0 fully saturated rings. The lowest BCUT2D eigenvalue weighted by Gasteiger charge is -2.20. The molecule has 0 saturated carbocycles. The van der Waals surface area contributed by atoms with Crippen LogP contribution in [-0.2, 0) is 11.3 Å². The second-order valence-corrected chi connectivity index (χ2v) is 3.85. The zero-order valence-electron chi connectivity index (χ0n) is 7.88. The van der Waals surface area contributed by atoms with Crippen LogP contribution in [0.25, 0.3) is 0 Å². The smallest absolute Gasteiger partial charge is 0.189 e. The summed E-state index contributed by atoms with van der Waals surface area (Å²) in [5.41, 5.74) is 1.02. The molecule has 76 valence electrons. The molecule has 1 aromatic carbocycles. The van der Waals surface area contributed by atoms with Gasteiger partial charge in [0.25, 0.3) is 0 Å². The Morgan fingerprint density at radius 3 is 3.14 bits per heavy atom. The van der Waals surface area contributed by atoms with E-state index in [4.69, 9.17) is 14.2 Å². The molecule has 3 nitrogen and oxygen atoms in total. The normalized spacial score (nSPS) is 14.4. The molecule has 0 unspecified atom stereocenters. The maximum absolute atomic E-state index is 5.47. The third kappa shape index (κ3) is 1.86. The molecule has 4 heteroatoms. The molecule has 1 aliphatic heterocycles. The minimum atomic E-state index is 0.300. The van der Waals surface area contributed by atoms with Crippen LogP contribution in [0.4, 0.5) is 0 Å². The molecule has 1 heterocycles. The zero-order chi connectivity index (χ0) is 9.97. The summed E-state index contributed by atoms with van der Waals surface area (Å²) in [5, 5.41) is 0. The highest BCUT2D eigenvalue weighted by Crippen LogP contribution is 2.37. The summed E-state index contributed by atoms with van der Waals surface area (Å²) in [6, 6.07) is 3.89. The van der Waals surface area contributed by atoms with Crippen LogP contribution < -0.4 is 9.47 Å². The van der Waals surface area contributed by atoms with Gasteiger partial charge in [0, 0.05) is 10.0 Å². The molecule has 0 saturated heterocycles. The number of halogens is 1. The van der Waals surface area contributed by atoms with Crippen molar-refractivity contribution in [3.8, 4) is 11.5 Å². The second kappa shape index (κ2) is 4.19. The van der Waals surface area contributed by atoms with E-state index in [9.17, 15) is 0 Å². The lowest BCUT2D eigenvalue weighted by atomic mass is 10.2. The van der Waals surface area contributed by atoms with Gasteiger partial charge in [0.2, 0.25) is 0 Å². The van der Waals surface area contributed by atoms with Crippen LogP contribution in [-0.4, -0.2) is 13.4 Å². The van der Waals surface area contributed by atoms with Crippen molar-refractivity contribution in [2.45, 2.75) is 13.5 Å². The fourth-order valence-electron chi connectivity index (χ4n) is 1.41. The molecule has 0 atom stereocenters. The van der Waals surface area contributed by atoms with Crippen LogP contribution >= 0.6 is 15.9 Å². The molecule has 14 heavy (non-hydrogen) atoms. The van der Waals surface area contributed by atoms with E-state index in [1.807, 2.05) is 19.1 Å². The Morgan fingerprint density at radius 2 is 2.36 bits per heavy atom. The van der Waals surface area contributed by atoms with Gasteiger partial charge < -0.3 is 14.2 Å². The zero-order valence-corrected chi connectivity index (χ0v) is 9.46. The Hall–Kier alpha value is -0.740. The molecule has 0 bridgehead atoms. The first-order chi connectivity index (χ1) is 6.81. The number of hydrogen-bond donors (Lipinski definition) is 0. The molecule has 1 aliphatic rings. The van der Waals surface area contributed by atoms with Crippen LogP contribution in [0, 0.1) is 0 Å². The lowest BCUT2D eigenvalue weighted by molar-refractivity contribution is -0.0183. The number of ether oxygens (including phenoxy) is 3. The van der Waals surface area contributed by atoms with Crippen molar-refractivity contribution in [2.75, 3.05) is 13.4 Å². The Kier molecular flexibility index (Phi) is 2.93. The third-order valence-corrected chi connectivity index (χ3v) is 2.40. The SMILES string of the molecule is CCOc1cc(Br)cc2c1OCOC2. The first-order valence-electron chi connectivity index (χ1n) is 4.47. The highest BCUT2D eigenvalue weighted by atomic mass is 79.9. The quantitative estimate of drug-likeness (QED) is 0.817. The number of hydrogen-bond acceptors (Lipinski definition) is 3. The number of benzene rings is 1. The van der Waals surface area contributed by atoms with E-state index in [1.165, 1.54) is 0 Å². The fourth-order valence-corrected chi connectivity index (χ4v) is 1.89. The second-order valence-electron chi connectivity index (χ2n) is 2.94. The van der Waals surface area contributed by atoms with Gasteiger partial charge in [-0.1, -0.05) is 15.9 Å². The van der Waals surface area contributed by atoms with Crippen molar-refractivity contribution >= 4 is 15.9 Å². The molecule has 0 radical (unpaired) electrons. The molecule has 2 rings (SSSR count). The Balaban J connectivity index is 2.41. The van der Waals surface area contributed by atoms with Crippen LogP contribution in [0.1, 0.15) is 12.5 Å². The van der Waals surface area contributed by atoms with E-state index >= 15 is 0 Å². The summed E-state index contributed by atoms with van der Waals surface area (Å²) >= 11 is 3.42. The van der Waals surface area contributed by atoms with E-state index in [1.54, 1.807) is 0 Å². The molecule has 0 aromatic heterocycles. The molecule has 0 aliphatic carbocycles. The van der Waals surface area contributed by atoms with Gasteiger partial charge in [0.1, 0.15) is 0 Å². The first-order valence-corrected chi connectivity index (χ1v) is 5.26. The van der Waals surface area contributed by atoms with Crippen LogP contribution in [0.3, 0.4) is 0 Å². The van der Waals surface area contributed by atoms with E-state index in [0.29, 0.717) is 20.0 Å². The van der Waals surface area contributed by atoms with Crippen LogP contribution in [0.15, 0.2) is 16.6 Å². The monoisotopic (exact) mass is 258 g/mol. The van der Waals surface area contributed by atoms with Crippen molar-refractivity contribution in [1.82, 2.24) is 0 Å². The Labute approximate surface area is 91.1 Å². The predicted molar refractivity (Wildman–Crippen MR) is 55.6 cm³/mol. The highest BCUT2D eigenvalue weighted by molar-refractivity contribution is 9.10. The van der Waals surface area contributed by atoms with Gasteiger partial charge in [-0.25, -0.2) is 0 Å². The number of fused-ring (bicyclic) bond motifs is 1. The largest absolute Gasteiger partial charge is 0.490 e. The van der Waals surface area contributed by atoms with E-state index < -0.39 is 0 Å². The van der Waals surface area contributed by atoms with Gasteiger partial charge in [-0.3, -0.25) is 0 Å². The molecule has 1 aromatic rings. The lowest BCUT2D eigenvalue weighted by Crippen LogP contribution is -2.12. The van der Waals surface area contributed by atoms with E-state index in [2.05, 4.69) is 15.9 Å². The van der Waals surface area contributed by atoms with Gasteiger partial charge in [0.15, 0.2) is 18.3 Å². The summed E-state index contributed by atoms with van der Waals surface area (Å²) in [4.78, 5) is 0. The fraction of sp³-hybridized carbons (Fsp3) is 0.400. The summed E-state index contributed by atoms with van der Waals surface area (Å²) in [5.74, 6) is 1.58. The number of rotatable bonds is 2. The Morgan fingerprint density at radius 1 is 1.50 bits per heavy atom. The molecule has 0 N–H and O–H groups in total. The van der Waals surface area contributed by atoms with Gasteiger partial charge in [-0.2, -0.15) is 0 Å². The summed E-state index contributed by atoms with van der Waals surface area (Å²) in [7, 11) is 0. The minimum Gasteiger partial charge on any atom is -0.490 e. The average molecular weight is 259 g/mol. The Bertz CT molecular complexity index is 338. The highest BCUT2D eigenvalue weighted by Gasteiger charge is 2.16. The standard InChI is InChI=1S/C10H11BrO3/c1-2-13-9-4-8(11)3-7-5-12-6-14-10(7)9/h3-4H,2,5-6H2,1H3.